The highest BCUT2D eigenvalue weighted by Gasteiger charge is 1.98. The summed E-state index contributed by atoms with van der Waals surface area (Å²) in [5, 5.41) is 0.562. The average Bonchev–Trinajstić information content (AvgIpc) is 2.07. The Morgan fingerprint density at radius 1 is 1.50 bits per heavy atom. The molecule has 0 aliphatic heterocycles. The van der Waals surface area contributed by atoms with Gasteiger partial charge < -0.3 is 4.74 Å². The van der Waals surface area contributed by atoms with Crippen molar-refractivity contribution in [1.29, 1.82) is 0 Å². The minimum atomic E-state index is 0.538. The first-order valence-corrected chi connectivity index (χ1v) is 4.31. The van der Waals surface area contributed by atoms with Gasteiger partial charge in [0.05, 0.1) is 12.3 Å². The van der Waals surface area contributed by atoms with Crippen LogP contribution in [0.3, 0.4) is 0 Å². The van der Waals surface area contributed by atoms with Gasteiger partial charge in [-0.1, -0.05) is 17.7 Å². The fourth-order valence-electron chi connectivity index (χ4n) is 0.829. The third kappa shape index (κ3) is 2.47. The molecule has 1 rings (SSSR count). The summed E-state index contributed by atoms with van der Waals surface area (Å²) in [6.45, 7) is 5.12. The third-order valence-electron chi connectivity index (χ3n) is 1.55. The topological polar surface area (TPSA) is 22.1 Å². The fraction of sp³-hybridized carbons (Fsp3) is 0.444. The van der Waals surface area contributed by atoms with Crippen LogP contribution in [0.4, 0.5) is 0 Å². The minimum Gasteiger partial charge on any atom is -0.375 e. The van der Waals surface area contributed by atoms with E-state index < -0.39 is 0 Å². The normalized spacial score (nSPS) is 10.2. The number of ether oxygens (including phenoxy) is 1. The number of halogens is 1. The van der Waals surface area contributed by atoms with Gasteiger partial charge in [-0.3, -0.25) is 0 Å². The highest BCUT2D eigenvalue weighted by Crippen LogP contribution is 2.12. The molecular weight excluding hydrogens is 174 g/mol. The third-order valence-corrected chi connectivity index (χ3v) is 1.93. The Labute approximate surface area is 77.5 Å². The van der Waals surface area contributed by atoms with E-state index in [4.69, 9.17) is 16.3 Å². The lowest BCUT2D eigenvalue weighted by Crippen LogP contribution is -1.95. The number of hydrogen-bond donors (Lipinski definition) is 0. The summed E-state index contributed by atoms with van der Waals surface area (Å²) in [5.74, 6) is 0. The molecule has 12 heavy (non-hydrogen) atoms. The Morgan fingerprint density at radius 2 is 2.25 bits per heavy atom. The van der Waals surface area contributed by atoms with Gasteiger partial charge in [0, 0.05) is 6.61 Å². The van der Waals surface area contributed by atoms with Gasteiger partial charge >= 0.3 is 0 Å². The molecule has 0 N–H and O–H groups in total. The molecule has 0 aliphatic rings. The Balaban J connectivity index is 2.69. The molecule has 1 heterocycles. The van der Waals surface area contributed by atoms with E-state index in [-0.39, 0.29) is 0 Å². The quantitative estimate of drug-likeness (QED) is 0.676. The summed E-state index contributed by atoms with van der Waals surface area (Å²) in [6, 6.07) is 3.88. The zero-order valence-electron chi connectivity index (χ0n) is 7.30. The smallest absolute Gasteiger partial charge is 0.132 e. The Hall–Kier alpha value is -0.600. The average molecular weight is 186 g/mol. The first-order valence-electron chi connectivity index (χ1n) is 3.93. The number of aromatic nitrogens is 1. The molecule has 0 spiro atoms. The van der Waals surface area contributed by atoms with Crippen LogP contribution >= 0.6 is 11.6 Å². The van der Waals surface area contributed by atoms with E-state index in [1.807, 2.05) is 26.0 Å². The lowest BCUT2D eigenvalue weighted by molar-refractivity contribution is 0.131. The molecule has 0 amide bonds. The van der Waals surface area contributed by atoms with Gasteiger partial charge in [0.25, 0.3) is 0 Å². The van der Waals surface area contributed by atoms with Crippen LogP contribution < -0.4 is 0 Å². The second-order valence-corrected chi connectivity index (χ2v) is 2.91. The molecular formula is C9H12ClNO. The number of hydrogen-bond acceptors (Lipinski definition) is 2. The Kier molecular flexibility index (Phi) is 3.50. The Bertz CT molecular complexity index is 263. The van der Waals surface area contributed by atoms with E-state index in [0.717, 1.165) is 11.3 Å². The molecule has 0 fully saturated rings. The summed E-state index contributed by atoms with van der Waals surface area (Å²) in [4.78, 5) is 4.15. The lowest BCUT2D eigenvalue weighted by Gasteiger charge is -2.02. The second kappa shape index (κ2) is 4.43. The molecule has 66 valence electrons. The monoisotopic (exact) mass is 185 g/mol. The summed E-state index contributed by atoms with van der Waals surface area (Å²) in [7, 11) is 0. The fourth-order valence-corrected chi connectivity index (χ4v) is 1.00. The molecule has 0 radical (unpaired) electrons. The molecule has 0 bridgehead atoms. The van der Waals surface area contributed by atoms with Crippen molar-refractivity contribution >= 4 is 11.6 Å². The molecule has 0 atom stereocenters. The van der Waals surface area contributed by atoms with Gasteiger partial charge in [0.2, 0.25) is 0 Å². The van der Waals surface area contributed by atoms with Crippen molar-refractivity contribution in [2.75, 3.05) is 6.61 Å². The molecule has 0 saturated heterocycles. The van der Waals surface area contributed by atoms with E-state index in [0.29, 0.717) is 18.4 Å². The standard InChI is InChI=1S/C9H12ClNO/c1-3-12-6-8-5-4-7(2)9(10)11-8/h4-5H,3,6H2,1-2H3. The summed E-state index contributed by atoms with van der Waals surface area (Å²) < 4.78 is 5.19. The molecule has 0 unspecified atom stereocenters. The van der Waals surface area contributed by atoms with Crippen molar-refractivity contribution in [3.05, 3.63) is 28.5 Å². The van der Waals surface area contributed by atoms with Crippen molar-refractivity contribution in [2.45, 2.75) is 20.5 Å². The second-order valence-electron chi connectivity index (χ2n) is 2.55. The van der Waals surface area contributed by atoms with Crippen molar-refractivity contribution in [2.24, 2.45) is 0 Å². The van der Waals surface area contributed by atoms with Crippen molar-refractivity contribution < 1.29 is 4.74 Å². The van der Waals surface area contributed by atoms with Crippen molar-refractivity contribution in [3.8, 4) is 0 Å². The molecule has 1 aromatic rings. The van der Waals surface area contributed by atoms with E-state index in [2.05, 4.69) is 4.98 Å². The molecule has 3 heteroatoms. The number of rotatable bonds is 3. The number of aryl methyl sites for hydroxylation is 1. The number of nitrogens with zero attached hydrogens (tertiary/aromatic N) is 1. The van der Waals surface area contributed by atoms with Crippen molar-refractivity contribution in [3.63, 3.8) is 0 Å². The SMILES string of the molecule is CCOCc1ccc(C)c(Cl)n1. The van der Waals surface area contributed by atoms with Crippen LogP contribution in [0.25, 0.3) is 0 Å². The predicted octanol–water partition coefficient (Wildman–Crippen LogP) is 2.58. The molecule has 0 aromatic carbocycles. The largest absolute Gasteiger partial charge is 0.375 e. The van der Waals surface area contributed by atoms with Crippen LogP contribution in [0.2, 0.25) is 5.15 Å². The van der Waals surface area contributed by atoms with Crippen LogP contribution in [-0.4, -0.2) is 11.6 Å². The van der Waals surface area contributed by atoms with E-state index >= 15 is 0 Å². The maximum Gasteiger partial charge on any atom is 0.132 e. The van der Waals surface area contributed by atoms with Crippen LogP contribution in [-0.2, 0) is 11.3 Å². The van der Waals surface area contributed by atoms with Crippen molar-refractivity contribution in [1.82, 2.24) is 4.98 Å². The van der Waals surface area contributed by atoms with Gasteiger partial charge in [-0.2, -0.15) is 0 Å². The Morgan fingerprint density at radius 3 is 2.83 bits per heavy atom. The maximum absolute atomic E-state index is 5.83. The van der Waals surface area contributed by atoms with Gasteiger partial charge in [-0.05, 0) is 25.5 Å². The molecule has 2 nitrogen and oxygen atoms in total. The van der Waals surface area contributed by atoms with Gasteiger partial charge in [-0.25, -0.2) is 4.98 Å². The van der Waals surface area contributed by atoms with Crippen LogP contribution in [0.1, 0.15) is 18.2 Å². The highest BCUT2D eigenvalue weighted by molar-refractivity contribution is 6.30. The zero-order valence-corrected chi connectivity index (χ0v) is 8.06. The first kappa shape index (κ1) is 9.49. The van der Waals surface area contributed by atoms with E-state index in [9.17, 15) is 0 Å². The summed E-state index contributed by atoms with van der Waals surface area (Å²) >= 11 is 5.83. The van der Waals surface area contributed by atoms with Gasteiger partial charge in [0.15, 0.2) is 0 Å². The zero-order chi connectivity index (χ0) is 8.97. The van der Waals surface area contributed by atoms with Crippen LogP contribution in [0.5, 0.6) is 0 Å². The van der Waals surface area contributed by atoms with Crippen LogP contribution in [0.15, 0.2) is 12.1 Å². The molecule has 0 saturated carbocycles. The van der Waals surface area contributed by atoms with E-state index in [1.165, 1.54) is 0 Å². The van der Waals surface area contributed by atoms with Gasteiger partial charge in [0.1, 0.15) is 5.15 Å². The van der Waals surface area contributed by atoms with Crippen LogP contribution in [0, 0.1) is 6.92 Å². The lowest BCUT2D eigenvalue weighted by atomic mass is 10.3. The van der Waals surface area contributed by atoms with Gasteiger partial charge in [-0.15, -0.1) is 0 Å². The minimum absolute atomic E-state index is 0.538. The maximum atomic E-state index is 5.83. The number of pyridine rings is 1. The highest BCUT2D eigenvalue weighted by atomic mass is 35.5. The van der Waals surface area contributed by atoms with E-state index in [1.54, 1.807) is 0 Å². The molecule has 0 aliphatic carbocycles. The first-order chi connectivity index (χ1) is 5.74. The summed E-state index contributed by atoms with van der Waals surface area (Å²) in [5.41, 5.74) is 1.88. The molecule has 1 aromatic heterocycles. The predicted molar refractivity (Wildman–Crippen MR) is 49.3 cm³/mol. The summed E-state index contributed by atoms with van der Waals surface area (Å²) in [6.07, 6.45) is 0.